The molecule has 0 aliphatic carbocycles. The van der Waals surface area contributed by atoms with Crippen molar-refractivity contribution in [1.82, 2.24) is 4.98 Å². The van der Waals surface area contributed by atoms with E-state index < -0.39 is 8.07 Å². The quantitative estimate of drug-likeness (QED) is 0.614. The molecule has 0 amide bonds. The van der Waals surface area contributed by atoms with Crippen molar-refractivity contribution >= 4 is 14.0 Å². The smallest absolute Gasteiger partial charge is 0.339 e. The third-order valence-corrected chi connectivity index (χ3v) is 3.62. The van der Waals surface area contributed by atoms with Gasteiger partial charge in [0.15, 0.2) is 0 Å². The summed E-state index contributed by atoms with van der Waals surface area (Å²) < 4.78 is 5.14. The molecular formula is C10H17NO2Si. The van der Waals surface area contributed by atoms with Gasteiger partial charge in [-0.3, -0.25) is 0 Å². The Morgan fingerprint density at radius 3 is 2.71 bits per heavy atom. The van der Waals surface area contributed by atoms with Crippen LogP contribution in [0.4, 0.5) is 0 Å². The summed E-state index contributed by atoms with van der Waals surface area (Å²) >= 11 is 0. The largest absolute Gasteiger partial charge is 0.462 e. The molecule has 1 aromatic heterocycles. The molecule has 1 N–H and O–H groups in total. The van der Waals surface area contributed by atoms with Crippen molar-refractivity contribution in [2.24, 2.45) is 0 Å². The van der Waals surface area contributed by atoms with E-state index >= 15 is 0 Å². The average Bonchev–Trinajstić information content (AvgIpc) is 2.53. The lowest BCUT2D eigenvalue weighted by atomic mass is 10.3. The van der Waals surface area contributed by atoms with E-state index in [4.69, 9.17) is 4.74 Å². The summed E-state index contributed by atoms with van der Waals surface area (Å²) in [5.74, 6) is -0.232. The number of rotatable bonds is 4. The van der Waals surface area contributed by atoms with Crippen LogP contribution >= 0.6 is 0 Å². The highest BCUT2D eigenvalue weighted by atomic mass is 28.3. The predicted octanol–water partition coefficient (Wildman–Crippen LogP) is 2.51. The van der Waals surface area contributed by atoms with Gasteiger partial charge in [0.2, 0.25) is 0 Å². The van der Waals surface area contributed by atoms with Crippen LogP contribution in [0.15, 0.2) is 18.5 Å². The first-order valence-electron chi connectivity index (χ1n) is 4.79. The average molecular weight is 211 g/mol. The lowest BCUT2D eigenvalue weighted by Gasteiger charge is -2.14. The molecule has 78 valence electrons. The lowest BCUT2D eigenvalue weighted by molar-refractivity contribution is 0.0525. The monoisotopic (exact) mass is 211 g/mol. The highest BCUT2D eigenvalue weighted by Gasteiger charge is 2.14. The molecule has 0 aliphatic rings. The van der Waals surface area contributed by atoms with Gasteiger partial charge in [0.25, 0.3) is 0 Å². The third-order valence-electron chi connectivity index (χ3n) is 1.92. The second-order valence-electron chi connectivity index (χ2n) is 4.55. The number of esters is 1. The molecule has 1 rings (SSSR count). The zero-order chi connectivity index (χ0) is 10.6. The minimum atomic E-state index is -1.09. The van der Waals surface area contributed by atoms with Crippen molar-refractivity contribution in [3.8, 4) is 0 Å². The van der Waals surface area contributed by atoms with E-state index in [0.717, 1.165) is 6.04 Å². The number of ether oxygens (including phenoxy) is 1. The Balaban J connectivity index is 2.30. The van der Waals surface area contributed by atoms with Crippen molar-refractivity contribution in [3.05, 3.63) is 24.0 Å². The molecule has 0 fully saturated rings. The molecule has 4 heteroatoms. The van der Waals surface area contributed by atoms with Crippen LogP contribution in [-0.2, 0) is 4.74 Å². The summed E-state index contributed by atoms with van der Waals surface area (Å²) in [4.78, 5) is 14.2. The van der Waals surface area contributed by atoms with Gasteiger partial charge < -0.3 is 9.72 Å². The Morgan fingerprint density at radius 2 is 2.21 bits per heavy atom. The number of aromatic nitrogens is 1. The molecule has 3 nitrogen and oxygen atoms in total. The van der Waals surface area contributed by atoms with Crippen LogP contribution < -0.4 is 0 Å². The van der Waals surface area contributed by atoms with Crippen LogP contribution in [0.1, 0.15) is 10.4 Å². The Morgan fingerprint density at radius 1 is 1.50 bits per heavy atom. The van der Waals surface area contributed by atoms with Crippen LogP contribution in [0.5, 0.6) is 0 Å². The van der Waals surface area contributed by atoms with Crippen molar-refractivity contribution in [2.45, 2.75) is 25.7 Å². The number of H-pyrrole nitrogens is 1. The van der Waals surface area contributed by atoms with Crippen molar-refractivity contribution in [3.63, 3.8) is 0 Å². The number of hydrogen-bond donors (Lipinski definition) is 1. The Labute approximate surface area is 85.5 Å². The SMILES string of the molecule is C[Si](C)(C)CCOC(=O)c1cc[nH]c1. The fraction of sp³-hybridized carbons (Fsp3) is 0.500. The van der Waals surface area contributed by atoms with Gasteiger partial charge in [-0.15, -0.1) is 0 Å². The van der Waals surface area contributed by atoms with Gasteiger partial charge >= 0.3 is 5.97 Å². The first-order chi connectivity index (χ1) is 6.49. The summed E-state index contributed by atoms with van der Waals surface area (Å²) in [5, 5.41) is 0. The summed E-state index contributed by atoms with van der Waals surface area (Å²) in [6, 6.07) is 2.74. The summed E-state index contributed by atoms with van der Waals surface area (Å²) in [6.45, 7) is 7.32. The molecule has 1 aromatic rings. The standard InChI is InChI=1S/C10H17NO2Si/c1-14(2,3)7-6-13-10(12)9-4-5-11-8-9/h4-5,8,11H,6-7H2,1-3H3. The van der Waals surface area contributed by atoms with E-state index in [1.165, 1.54) is 0 Å². The highest BCUT2D eigenvalue weighted by molar-refractivity contribution is 6.76. The van der Waals surface area contributed by atoms with E-state index in [1.54, 1.807) is 18.5 Å². The van der Waals surface area contributed by atoms with Crippen LogP contribution in [0.2, 0.25) is 25.7 Å². The molecule has 0 unspecified atom stereocenters. The predicted molar refractivity (Wildman–Crippen MR) is 59.2 cm³/mol. The van der Waals surface area contributed by atoms with Gasteiger partial charge in [-0.05, 0) is 12.1 Å². The van der Waals surface area contributed by atoms with E-state index in [9.17, 15) is 4.79 Å². The maximum absolute atomic E-state index is 11.4. The van der Waals surface area contributed by atoms with Crippen molar-refractivity contribution in [1.29, 1.82) is 0 Å². The van der Waals surface area contributed by atoms with Gasteiger partial charge in [-0.2, -0.15) is 0 Å². The van der Waals surface area contributed by atoms with E-state index in [0.29, 0.717) is 12.2 Å². The highest BCUT2D eigenvalue weighted by Crippen LogP contribution is 2.08. The molecule has 1 heterocycles. The number of aromatic amines is 1. The van der Waals surface area contributed by atoms with Gasteiger partial charge in [0.1, 0.15) is 0 Å². The number of carbonyl (C=O) groups excluding carboxylic acids is 1. The molecule has 0 radical (unpaired) electrons. The van der Waals surface area contributed by atoms with Gasteiger partial charge in [-0.25, -0.2) is 4.79 Å². The second-order valence-corrected chi connectivity index (χ2v) is 10.2. The van der Waals surface area contributed by atoms with Crippen molar-refractivity contribution < 1.29 is 9.53 Å². The van der Waals surface area contributed by atoms with Crippen LogP contribution in [0, 0.1) is 0 Å². The fourth-order valence-corrected chi connectivity index (χ4v) is 1.70. The normalized spacial score (nSPS) is 11.4. The topological polar surface area (TPSA) is 42.1 Å². The number of nitrogens with one attached hydrogen (secondary N) is 1. The minimum absolute atomic E-state index is 0.232. The molecule has 0 aliphatic heterocycles. The Bertz CT molecular complexity index is 288. The maximum Gasteiger partial charge on any atom is 0.339 e. The summed E-state index contributed by atoms with van der Waals surface area (Å²) in [6.07, 6.45) is 3.37. The first kappa shape index (κ1) is 11.0. The number of carbonyl (C=O) groups is 1. The summed E-state index contributed by atoms with van der Waals surface area (Å²) in [7, 11) is -1.09. The van der Waals surface area contributed by atoms with Gasteiger partial charge in [0, 0.05) is 20.5 Å². The fourth-order valence-electron chi connectivity index (χ4n) is 0.984. The van der Waals surface area contributed by atoms with Crippen molar-refractivity contribution in [2.75, 3.05) is 6.61 Å². The van der Waals surface area contributed by atoms with Gasteiger partial charge in [0.05, 0.1) is 12.2 Å². The second kappa shape index (κ2) is 4.46. The summed E-state index contributed by atoms with van der Waals surface area (Å²) in [5.41, 5.74) is 0.598. The first-order valence-corrected chi connectivity index (χ1v) is 8.50. The molecule has 14 heavy (non-hydrogen) atoms. The molecule has 0 saturated carbocycles. The molecule has 0 bridgehead atoms. The van der Waals surface area contributed by atoms with Crippen LogP contribution in [0.25, 0.3) is 0 Å². The third kappa shape index (κ3) is 3.78. The Kier molecular flexibility index (Phi) is 3.52. The van der Waals surface area contributed by atoms with Crippen LogP contribution in [0.3, 0.4) is 0 Å². The van der Waals surface area contributed by atoms with E-state index in [-0.39, 0.29) is 5.97 Å². The van der Waals surface area contributed by atoms with Crippen LogP contribution in [-0.4, -0.2) is 25.6 Å². The zero-order valence-electron chi connectivity index (χ0n) is 8.96. The van der Waals surface area contributed by atoms with E-state index in [2.05, 4.69) is 24.6 Å². The van der Waals surface area contributed by atoms with E-state index in [1.807, 2.05) is 0 Å². The lowest BCUT2D eigenvalue weighted by Crippen LogP contribution is -2.22. The number of hydrogen-bond acceptors (Lipinski definition) is 2. The maximum atomic E-state index is 11.4. The molecule has 0 atom stereocenters. The zero-order valence-corrected chi connectivity index (χ0v) is 9.96. The molecule has 0 spiro atoms. The minimum Gasteiger partial charge on any atom is -0.462 e. The molecule has 0 aromatic carbocycles. The molecule has 0 saturated heterocycles. The molecular weight excluding hydrogens is 194 g/mol. The Hall–Kier alpha value is -1.03. The van der Waals surface area contributed by atoms with Gasteiger partial charge in [-0.1, -0.05) is 19.6 Å².